The third kappa shape index (κ3) is 24.8. The Morgan fingerprint density at radius 3 is 1.80 bits per heavy atom. The molecule has 37 heteroatoms. The number of nitrogens with one attached hydrogen (secondary N) is 16. The maximum absolute atomic E-state index is 14.9. The molecule has 3 heterocycles. The Morgan fingerprint density at radius 1 is 0.636 bits per heavy atom. The van der Waals surface area contributed by atoms with E-state index in [-0.39, 0.29) is 89.9 Å². The molecule has 24 N–H and O–H groups in total. The zero-order chi connectivity index (χ0) is 80.1. The Morgan fingerprint density at radius 2 is 1.19 bits per heavy atom. The van der Waals surface area contributed by atoms with Gasteiger partial charge in [0.25, 0.3) is 0 Å². The molecule has 4 aromatic rings. The molecule has 1 unspecified atom stereocenters. The highest BCUT2D eigenvalue weighted by Crippen LogP contribution is 2.44. The summed E-state index contributed by atoms with van der Waals surface area (Å²) in [6.45, 7) is 2.24. The molecule has 3 aliphatic rings. The van der Waals surface area contributed by atoms with Crippen LogP contribution in [0.4, 0.5) is 4.79 Å². The molecule has 2 aliphatic heterocycles. The minimum absolute atomic E-state index is 0.00463. The minimum atomic E-state index is -2.08. The number of primary amides is 1. The Hall–Kier alpha value is -12.4. The zero-order valence-electron chi connectivity index (χ0n) is 61.2. The second kappa shape index (κ2) is 41.6. The summed E-state index contributed by atoms with van der Waals surface area (Å²) in [7, 11) is 0. The predicted octanol–water partition coefficient (Wildman–Crippen LogP) is -2.69. The van der Waals surface area contributed by atoms with Gasteiger partial charge in [0.05, 0.1) is 13.0 Å². The van der Waals surface area contributed by atoms with Crippen LogP contribution < -0.4 is 86.3 Å². The lowest BCUT2D eigenvalue weighted by atomic mass is 9.98. The number of alkyl carbamates (subject to hydrolysis) is 1. The summed E-state index contributed by atoms with van der Waals surface area (Å²) < 4.78 is 5.58. The number of benzene rings is 3. The minimum Gasteiger partial charge on any atom is -0.481 e. The van der Waals surface area contributed by atoms with Gasteiger partial charge in [-0.2, -0.15) is 0 Å². The Balaban J connectivity index is 1.22. The SMILES string of the molecule is CC=CC[C@H](NC(=O)CNC(=O)OCC1c2ccccc2-c2ccccc21)C(=O)N[C@H]1CC[C@@H](C(N)=O)NC(=O)[C@H](CCCNC(=N)N)NC(=O)[C@H](Cc2cc3ccccc3[nH]2)NC(=O)[C@H](C)NC(=O)[C@H](CC=CC)NC(=O)[C@H](CCCNC(=N)N)NC(=O)C2CCCN2C(=O)[C@H](CC(=O)O)NC(=O)[C@H](CO)NC1=O. The Kier molecular flexibility index (Phi) is 32.1. The first kappa shape index (κ1) is 84.8. The number of guanidine groups is 2. The molecular formula is C73H98N20O17. The first-order valence-electron chi connectivity index (χ1n) is 36.1. The van der Waals surface area contributed by atoms with Crippen molar-refractivity contribution in [1.82, 2.24) is 79.0 Å². The van der Waals surface area contributed by atoms with Crippen LogP contribution >= 0.6 is 0 Å². The average molecular weight is 1530 g/mol. The van der Waals surface area contributed by atoms with E-state index in [1.807, 2.05) is 48.5 Å². The number of carboxylic acids is 1. The van der Waals surface area contributed by atoms with Crippen LogP contribution in [-0.2, 0) is 73.5 Å². The maximum Gasteiger partial charge on any atom is 0.407 e. The number of carbonyl (C=O) groups excluding carboxylic acids is 13. The second-order valence-electron chi connectivity index (χ2n) is 26.6. The summed E-state index contributed by atoms with van der Waals surface area (Å²) in [5, 5.41) is 69.6. The summed E-state index contributed by atoms with van der Waals surface area (Å²) in [5.41, 5.74) is 21.9. The number of carbonyl (C=O) groups is 14. The van der Waals surface area contributed by atoms with Gasteiger partial charge in [-0.05, 0) is 125 Å². The van der Waals surface area contributed by atoms with Gasteiger partial charge in [-0.3, -0.25) is 73.1 Å². The highest BCUT2D eigenvalue weighted by Gasteiger charge is 2.42. The summed E-state index contributed by atoms with van der Waals surface area (Å²) in [6.07, 6.45) is 1.75. The number of aliphatic hydroxyl groups is 1. The number of fused-ring (bicyclic) bond motifs is 5. The van der Waals surface area contributed by atoms with Gasteiger partial charge < -0.3 is 111 Å². The van der Waals surface area contributed by atoms with Crippen LogP contribution in [0.3, 0.4) is 0 Å². The van der Waals surface area contributed by atoms with E-state index in [0.29, 0.717) is 11.2 Å². The molecule has 2 saturated heterocycles. The molecule has 37 nitrogen and oxygen atoms in total. The molecule has 1 aromatic heterocycles. The molecule has 11 atom stereocenters. The van der Waals surface area contributed by atoms with Crippen molar-refractivity contribution in [2.45, 2.75) is 170 Å². The molecule has 2 fully saturated rings. The number of hydrogen-bond acceptors (Lipinski definition) is 18. The molecule has 592 valence electrons. The molecule has 0 spiro atoms. The highest BCUT2D eigenvalue weighted by molar-refractivity contribution is 6.01. The van der Waals surface area contributed by atoms with Gasteiger partial charge >= 0.3 is 12.1 Å². The van der Waals surface area contributed by atoms with Crippen LogP contribution in [0, 0.1) is 10.8 Å². The molecule has 3 aromatic carbocycles. The topological polar surface area (TPSA) is 590 Å². The third-order valence-electron chi connectivity index (χ3n) is 18.6. The lowest BCUT2D eigenvalue weighted by molar-refractivity contribution is -0.146. The van der Waals surface area contributed by atoms with Gasteiger partial charge in [0.1, 0.15) is 79.6 Å². The van der Waals surface area contributed by atoms with Crippen molar-refractivity contribution >= 4 is 106 Å². The first-order valence-corrected chi connectivity index (χ1v) is 36.1. The van der Waals surface area contributed by atoms with Gasteiger partial charge in [0, 0.05) is 43.2 Å². The fraction of sp³-hybridized carbons (Fsp3) is 0.452. The molecule has 7 rings (SSSR count). The fourth-order valence-corrected chi connectivity index (χ4v) is 12.9. The number of nitrogens with zero attached hydrogens (tertiary/aromatic N) is 1. The van der Waals surface area contributed by atoms with Crippen molar-refractivity contribution in [2.75, 3.05) is 39.4 Å². The Bertz CT molecular complexity index is 4030. The lowest BCUT2D eigenvalue weighted by Crippen LogP contribution is -2.61. The van der Waals surface area contributed by atoms with E-state index in [2.05, 4.69) is 74.1 Å². The van der Waals surface area contributed by atoms with Crippen molar-refractivity contribution in [1.29, 1.82) is 10.8 Å². The number of amides is 13. The van der Waals surface area contributed by atoms with E-state index >= 15 is 0 Å². The van der Waals surface area contributed by atoms with Crippen LogP contribution in [-0.4, -0.2) is 221 Å². The van der Waals surface area contributed by atoms with Gasteiger partial charge in [0.2, 0.25) is 70.9 Å². The fourth-order valence-electron chi connectivity index (χ4n) is 12.9. The largest absolute Gasteiger partial charge is 0.481 e. The highest BCUT2D eigenvalue weighted by atomic mass is 16.5. The maximum atomic E-state index is 14.9. The van der Waals surface area contributed by atoms with E-state index in [1.165, 1.54) is 25.2 Å². The molecule has 0 saturated carbocycles. The van der Waals surface area contributed by atoms with E-state index < -0.39 is 194 Å². The summed E-state index contributed by atoms with van der Waals surface area (Å²) >= 11 is 0. The first-order chi connectivity index (χ1) is 52.6. The number of aromatic amines is 1. The van der Waals surface area contributed by atoms with Crippen LogP contribution in [0.25, 0.3) is 22.0 Å². The normalized spacial score (nSPS) is 22.5. The molecule has 0 radical (unpaired) electrons. The van der Waals surface area contributed by atoms with Crippen molar-refractivity contribution in [3.05, 3.63) is 120 Å². The van der Waals surface area contributed by atoms with Gasteiger partial charge in [-0.25, -0.2) is 4.79 Å². The molecule has 1 aliphatic carbocycles. The quantitative estimate of drug-likeness (QED) is 0.0139. The number of nitrogens with two attached hydrogens (primary N) is 3. The number of para-hydroxylation sites is 1. The molecule has 110 heavy (non-hydrogen) atoms. The van der Waals surface area contributed by atoms with Crippen molar-refractivity contribution in [2.24, 2.45) is 17.2 Å². The van der Waals surface area contributed by atoms with Crippen LogP contribution in [0.15, 0.2) is 103 Å². The number of aliphatic carboxylic acids is 1. The number of carboxylic acid groups (broad SMARTS) is 1. The number of allylic oxidation sites excluding steroid dienone is 2. The molecule has 13 amide bonds. The van der Waals surface area contributed by atoms with Gasteiger partial charge in [-0.15, -0.1) is 0 Å². The lowest BCUT2D eigenvalue weighted by Gasteiger charge is -2.30. The van der Waals surface area contributed by atoms with E-state index in [9.17, 15) is 77.3 Å². The second-order valence-corrected chi connectivity index (χ2v) is 26.6. The van der Waals surface area contributed by atoms with E-state index in [0.717, 1.165) is 32.5 Å². The summed E-state index contributed by atoms with van der Waals surface area (Å²) in [5.74, 6) is -15.6. The van der Waals surface area contributed by atoms with Crippen molar-refractivity contribution in [3.63, 3.8) is 0 Å². The van der Waals surface area contributed by atoms with Gasteiger partial charge in [0.15, 0.2) is 11.9 Å². The van der Waals surface area contributed by atoms with Crippen molar-refractivity contribution < 1.29 is 82.1 Å². The third-order valence-corrected chi connectivity index (χ3v) is 18.6. The number of aliphatic hydroxyl groups excluding tert-OH is 1. The predicted molar refractivity (Wildman–Crippen MR) is 400 cm³/mol. The smallest absolute Gasteiger partial charge is 0.407 e. The summed E-state index contributed by atoms with van der Waals surface area (Å²) in [4.78, 5) is 203. The van der Waals surface area contributed by atoms with Crippen LogP contribution in [0.1, 0.15) is 114 Å². The van der Waals surface area contributed by atoms with E-state index in [1.54, 1.807) is 50.3 Å². The van der Waals surface area contributed by atoms with Crippen molar-refractivity contribution in [3.8, 4) is 11.1 Å². The molecule has 0 bridgehead atoms. The zero-order valence-corrected chi connectivity index (χ0v) is 61.2. The Labute approximate surface area is 633 Å². The number of ether oxygens (including phenoxy) is 1. The van der Waals surface area contributed by atoms with Gasteiger partial charge in [-0.1, -0.05) is 91.0 Å². The number of aromatic nitrogens is 1. The molecular weight excluding hydrogens is 1430 g/mol. The standard InChI is InChI=1S/C73H98N20O17/c1-4-6-22-49(84-58(95)36-81-73(109)110-38-46-44-20-11-9-18-42(44)43-19-10-12-21-45(43)46)63(101)88-53-29-28-48(60(74)98)85-64(102)51(25-14-30-79-71(75)76)87-67(105)54(34-41-33-40-17-8-13-24-47(40)83-41)90-61(99)39(3)82-62(100)50(23-7-5-2)86-65(103)52(26-15-31-80-72(77)78)89-69(107)57-27-16-32-93(57)70(108)55(35-59(96)97)91-68(106)56(37-94)92-66(53)104/h4-13,17-21,24,33,39,46,48-57,83,94H,14-16,22-23,25-32,34-38H2,1-3H3,(H2,74,98)(H,81,109)(H,82,100)(H,84,95)(H,85,102)(H,86,103)(H,87,105)(H,88,101)(H,89,107)(H,90,99)(H,91,106)(H,92,104)(H,96,97)(H4,75,76,79)(H4,77,78,80)/t39-,48-,49-,50-,51-,52-,53-,54-,55-,56-,57?/m0/s1. The number of rotatable bonds is 25. The van der Waals surface area contributed by atoms with Crippen LogP contribution in [0.5, 0.6) is 0 Å². The number of hydrogen-bond donors (Lipinski definition) is 21. The summed E-state index contributed by atoms with van der Waals surface area (Å²) in [6, 6.07) is 5.70. The average Bonchev–Trinajstić information content (AvgIpc) is 1.61. The number of H-pyrrole nitrogens is 1. The van der Waals surface area contributed by atoms with Crippen LogP contribution in [0.2, 0.25) is 0 Å². The van der Waals surface area contributed by atoms with E-state index in [4.69, 9.17) is 32.8 Å². The monoisotopic (exact) mass is 1530 g/mol.